The van der Waals surface area contributed by atoms with E-state index in [4.69, 9.17) is 0 Å². The van der Waals surface area contributed by atoms with Crippen LogP contribution in [0.2, 0.25) is 0 Å². The number of hydrogen-bond acceptors (Lipinski definition) is 3. The molecule has 1 atom stereocenters. The number of nitrogens with one attached hydrogen (secondary N) is 2. The number of benzene rings is 1. The monoisotopic (exact) mass is 299 g/mol. The normalized spacial score (nSPS) is 24.5. The number of anilines is 1. The highest BCUT2D eigenvalue weighted by Gasteiger charge is 2.39. The van der Waals surface area contributed by atoms with Crippen LogP contribution in [-0.2, 0) is 0 Å². The van der Waals surface area contributed by atoms with Crippen LogP contribution in [-0.4, -0.2) is 43.5 Å². The molecule has 0 saturated carbocycles. The molecule has 2 heterocycles. The second kappa shape index (κ2) is 6.53. The number of likely N-dealkylation sites (tertiary alicyclic amines) is 1. The molecule has 1 spiro atoms. The zero-order chi connectivity index (χ0) is 15.4. The van der Waals surface area contributed by atoms with E-state index in [1.165, 1.54) is 12.8 Å². The van der Waals surface area contributed by atoms with E-state index in [1.54, 1.807) is 0 Å². The lowest BCUT2D eigenvalue weighted by Gasteiger charge is -2.40. The molecule has 0 bridgehead atoms. The number of piperidine rings is 1. The quantitative estimate of drug-likeness (QED) is 0.840. The zero-order valence-corrected chi connectivity index (χ0v) is 13.1. The van der Waals surface area contributed by atoms with Crippen LogP contribution < -0.4 is 10.6 Å². The van der Waals surface area contributed by atoms with Gasteiger partial charge in [-0.05, 0) is 50.1 Å². The minimum absolute atomic E-state index is 0.168. The van der Waals surface area contributed by atoms with E-state index in [0.29, 0.717) is 5.41 Å². The number of carbonyl (C=O) groups excluding carboxylic acids is 1. The smallest absolute Gasteiger partial charge is 0.253 e. The topological polar surface area (TPSA) is 44.4 Å². The first-order valence-electron chi connectivity index (χ1n) is 8.17. The third kappa shape index (κ3) is 3.17. The van der Waals surface area contributed by atoms with Crippen LogP contribution in [0.1, 0.15) is 29.6 Å². The minimum Gasteiger partial charge on any atom is -0.382 e. The molecular weight excluding hydrogens is 274 g/mol. The largest absolute Gasteiger partial charge is 0.382 e. The van der Waals surface area contributed by atoms with Crippen molar-refractivity contribution in [2.45, 2.75) is 19.3 Å². The van der Waals surface area contributed by atoms with Crippen molar-refractivity contribution in [1.82, 2.24) is 10.2 Å². The summed E-state index contributed by atoms with van der Waals surface area (Å²) in [5.74, 6) is 0.168. The van der Waals surface area contributed by atoms with Gasteiger partial charge in [0.2, 0.25) is 0 Å². The Morgan fingerprint density at radius 3 is 2.86 bits per heavy atom. The molecule has 1 amide bonds. The second-order valence-corrected chi connectivity index (χ2v) is 6.50. The van der Waals surface area contributed by atoms with E-state index >= 15 is 0 Å². The fraction of sp³-hybridized carbons (Fsp3) is 0.500. The van der Waals surface area contributed by atoms with E-state index in [2.05, 4.69) is 17.2 Å². The molecule has 1 aromatic carbocycles. The van der Waals surface area contributed by atoms with Gasteiger partial charge >= 0.3 is 0 Å². The Morgan fingerprint density at radius 1 is 1.36 bits per heavy atom. The SMILES string of the molecule is C=CCNc1ccc(C(=O)N2CCCC3(CCNC3)C2)cc1. The lowest BCUT2D eigenvalue weighted by atomic mass is 9.79. The number of hydrogen-bond donors (Lipinski definition) is 2. The molecule has 0 aliphatic carbocycles. The summed E-state index contributed by atoms with van der Waals surface area (Å²) in [5.41, 5.74) is 2.12. The van der Waals surface area contributed by atoms with Crippen molar-refractivity contribution in [1.29, 1.82) is 0 Å². The highest BCUT2D eigenvalue weighted by molar-refractivity contribution is 5.94. The van der Waals surface area contributed by atoms with E-state index in [1.807, 2.05) is 35.2 Å². The van der Waals surface area contributed by atoms with Crippen LogP contribution in [0.25, 0.3) is 0 Å². The Balaban J connectivity index is 1.66. The lowest BCUT2D eigenvalue weighted by molar-refractivity contribution is 0.0553. The first-order valence-corrected chi connectivity index (χ1v) is 8.17. The van der Waals surface area contributed by atoms with Gasteiger partial charge in [-0.3, -0.25) is 4.79 Å². The Kier molecular flexibility index (Phi) is 4.48. The fourth-order valence-corrected chi connectivity index (χ4v) is 3.63. The molecule has 4 heteroatoms. The fourth-order valence-electron chi connectivity index (χ4n) is 3.63. The maximum Gasteiger partial charge on any atom is 0.253 e. The minimum atomic E-state index is 0.168. The highest BCUT2D eigenvalue weighted by Crippen LogP contribution is 2.35. The molecule has 0 aromatic heterocycles. The van der Waals surface area contributed by atoms with Gasteiger partial charge in [0, 0.05) is 42.8 Å². The molecule has 22 heavy (non-hydrogen) atoms. The molecule has 2 aliphatic rings. The van der Waals surface area contributed by atoms with Gasteiger partial charge in [0.05, 0.1) is 0 Å². The Labute approximate surface area is 132 Å². The van der Waals surface area contributed by atoms with E-state index in [-0.39, 0.29) is 5.91 Å². The van der Waals surface area contributed by atoms with E-state index < -0.39 is 0 Å². The maximum atomic E-state index is 12.7. The van der Waals surface area contributed by atoms with Crippen LogP contribution in [0.4, 0.5) is 5.69 Å². The van der Waals surface area contributed by atoms with Crippen molar-refractivity contribution < 1.29 is 4.79 Å². The average molecular weight is 299 g/mol. The van der Waals surface area contributed by atoms with Gasteiger partial charge in [0.25, 0.3) is 5.91 Å². The summed E-state index contributed by atoms with van der Waals surface area (Å²) in [6.45, 7) is 8.35. The second-order valence-electron chi connectivity index (χ2n) is 6.50. The van der Waals surface area contributed by atoms with Crippen molar-refractivity contribution in [3.63, 3.8) is 0 Å². The molecule has 2 saturated heterocycles. The van der Waals surface area contributed by atoms with Crippen molar-refractivity contribution in [3.8, 4) is 0 Å². The van der Waals surface area contributed by atoms with Crippen LogP contribution in [0.15, 0.2) is 36.9 Å². The Morgan fingerprint density at radius 2 is 2.18 bits per heavy atom. The summed E-state index contributed by atoms with van der Waals surface area (Å²) >= 11 is 0. The molecule has 118 valence electrons. The van der Waals surface area contributed by atoms with Crippen molar-refractivity contribution in [2.24, 2.45) is 5.41 Å². The van der Waals surface area contributed by atoms with Crippen LogP contribution in [0.5, 0.6) is 0 Å². The summed E-state index contributed by atoms with van der Waals surface area (Å²) in [6, 6.07) is 7.77. The molecule has 1 aromatic rings. The molecule has 4 nitrogen and oxygen atoms in total. The van der Waals surface area contributed by atoms with Crippen LogP contribution in [0.3, 0.4) is 0 Å². The molecule has 2 aliphatic heterocycles. The first kappa shape index (κ1) is 15.1. The van der Waals surface area contributed by atoms with Gasteiger partial charge in [-0.1, -0.05) is 6.08 Å². The summed E-state index contributed by atoms with van der Waals surface area (Å²) in [4.78, 5) is 14.8. The van der Waals surface area contributed by atoms with Gasteiger partial charge in [-0.15, -0.1) is 6.58 Å². The van der Waals surface area contributed by atoms with Gasteiger partial charge in [0.1, 0.15) is 0 Å². The maximum absolute atomic E-state index is 12.7. The Bertz CT molecular complexity index is 532. The van der Waals surface area contributed by atoms with Crippen molar-refractivity contribution in [3.05, 3.63) is 42.5 Å². The first-order chi connectivity index (χ1) is 10.7. The number of carbonyl (C=O) groups is 1. The van der Waals surface area contributed by atoms with Crippen molar-refractivity contribution >= 4 is 11.6 Å². The molecule has 2 fully saturated rings. The Hall–Kier alpha value is -1.81. The lowest BCUT2D eigenvalue weighted by Crippen LogP contribution is -2.47. The van der Waals surface area contributed by atoms with E-state index in [0.717, 1.165) is 50.4 Å². The van der Waals surface area contributed by atoms with Gasteiger partial charge in [0.15, 0.2) is 0 Å². The number of nitrogens with zero attached hydrogens (tertiary/aromatic N) is 1. The molecule has 0 radical (unpaired) electrons. The summed E-state index contributed by atoms with van der Waals surface area (Å²) < 4.78 is 0. The van der Waals surface area contributed by atoms with Gasteiger partial charge < -0.3 is 15.5 Å². The van der Waals surface area contributed by atoms with Gasteiger partial charge in [-0.2, -0.15) is 0 Å². The molecular formula is C18H25N3O. The predicted molar refractivity (Wildman–Crippen MR) is 90.2 cm³/mol. The summed E-state index contributed by atoms with van der Waals surface area (Å²) in [6.07, 6.45) is 5.38. The van der Waals surface area contributed by atoms with Crippen LogP contribution in [0, 0.1) is 5.41 Å². The summed E-state index contributed by atoms with van der Waals surface area (Å²) in [5, 5.41) is 6.68. The third-order valence-corrected chi connectivity index (χ3v) is 4.86. The van der Waals surface area contributed by atoms with Crippen molar-refractivity contribution in [2.75, 3.05) is 38.0 Å². The van der Waals surface area contributed by atoms with Crippen LogP contribution >= 0.6 is 0 Å². The summed E-state index contributed by atoms with van der Waals surface area (Å²) in [7, 11) is 0. The number of amides is 1. The standard InChI is InChI=1S/C18H25N3O/c1-2-10-20-16-6-4-15(5-7-16)17(22)21-12-3-8-18(14-21)9-11-19-13-18/h2,4-7,19-20H,1,3,8-14H2. The molecule has 1 unspecified atom stereocenters. The molecule has 2 N–H and O–H groups in total. The average Bonchev–Trinajstić information content (AvgIpc) is 3.00. The number of rotatable bonds is 4. The third-order valence-electron chi connectivity index (χ3n) is 4.86. The van der Waals surface area contributed by atoms with E-state index in [9.17, 15) is 4.79 Å². The van der Waals surface area contributed by atoms with Gasteiger partial charge in [-0.25, -0.2) is 0 Å². The predicted octanol–water partition coefficient (Wildman–Crippen LogP) is 2.50. The highest BCUT2D eigenvalue weighted by atomic mass is 16.2. The zero-order valence-electron chi connectivity index (χ0n) is 13.1. The molecule has 3 rings (SSSR count).